The highest BCUT2D eigenvalue weighted by molar-refractivity contribution is 5.98. The van der Waals surface area contributed by atoms with Crippen LogP contribution in [0.4, 0.5) is 5.69 Å². The summed E-state index contributed by atoms with van der Waals surface area (Å²) in [6, 6.07) is 12.4. The Balaban J connectivity index is 1.34. The number of fused-ring (bicyclic) bond motifs is 1. The number of aromatic nitrogens is 2. The van der Waals surface area contributed by atoms with Crippen LogP contribution < -0.4 is 19.1 Å². The SMILES string of the molecule is COc1ccc(-c2noc(COC(=O)CCN3C(=O)COc4ccccc43)n2)c(OC)c1. The topological polar surface area (TPSA) is 113 Å². The summed E-state index contributed by atoms with van der Waals surface area (Å²) < 4.78 is 26.3. The molecular formula is C22H21N3O7. The number of hydrogen-bond acceptors (Lipinski definition) is 9. The Labute approximate surface area is 183 Å². The van der Waals surface area contributed by atoms with Crippen LogP contribution in [0, 0.1) is 0 Å². The lowest BCUT2D eigenvalue weighted by atomic mass is 10.2. The van der Waals surface area contributed by atoms with E-state index in [1.165, 1.54) is 12.0 Å². The molecule has 10 nitrogen and oxygen atoms in total. The molecule has 0 unspecified atom stereocenters. The average molecular weight is 439 g/mol. The first kappa shape index (κ1) is 21.2. The molecular weight excluding hydrogens is 418 g/mol. The fourth-order valence-corrected chi connectivity index (χ4v) is 3.22. The zero-order chi connectivity index (χ0) is 22.5. The monoisotopic (exact) mass is 439 g/mol. The van der Waals surface area contributed by atoms with Gasteiger partial charge in [-0.15, -0.1) is 0 Å². The van der Waals surface area contributed by atoms with Crippen LogP contribution >= 0.6 is 0 Å². The quantitative estimate of drug-likeness (QED) is 0.489. The number of carbonyl (C=O) groups excluding carboxylic acids is 2. The van der Waals surface area contributed by atoms with Gasteiger partial charge < -0.3 is 28.4 Å². The predicted molar refractivity (Wildman–Crippen MR) is 112 cm³/mol. The van der Waals surface area contributed by atoms with E-state index in [0.717, 1.165) is 0 Å². The Hall–Kier alpha value is -4.08. The van der Waals surface area contributed by atoms with Crippen molar-refractivity contribution in [1.29, 1.82) is 0 Å². The number of carbonyl (C=O) groups is 2. The highest BCUT2D eigenvalue weighted by Crippen LogP contribution is 2.32. The molecule has 10 heteroatoms. The van der Waals surface area contributed by atoms with E-state index in [1.54, 1.807) is 43.5 Å². The molecule has 0 radical (unpaired) electrons. The normalized spacial score (nSPS) is 12.7. The van der Waals surface area contributed by atoms with Gasteiger partial charge in [-0.05, 0) is 24.3 Å². The molecule has 1 aromatic heterocycles. The second-order valence-corrected chi connectivity index (χ2v) is 6.79. The van der Waals surface area contributed by atoms with E-state index in [9.17, 15) is 9.59 Å². The molecule has 1 aliphatic heterocycles. The summed E-state index contributed by atoms with van der Waals surface area (Å²) in [5.74, 6) is 1.47. The average Bonchev–Trinajstić information content (AvgIpc) is 3.30. The highest BCUT2D eigenvalue weighted by Gasteiger charge is 2.25. The number of hydrogen-bond donors (Lipinski definition) is 0. The van der Waals surface area contributed by atoms with Crippen molar-refractivity contribution in [2.24, 2.45) is 0 Å². The van der Waals surface area contributed by atoms with Gasteiger partial charge in [-0.1, -0.05) is 17.3 Å². The molecule has 0 fully saturated rings. The molecule has 0 aliphatic carbocycles. The summed E-state index contributed by atoms with van der Waals surface area (Å²) >= 11 is 0. The van der Waals surface area contributed by atoms with Gasteiger partial charge in [-0.25, -0.2) is 0 Å². The number of amides is 1. The van der Waals surface area contributed by atoms with Gasteiger partial charge in [0.1, 0.15) is 17.2 Å². The molecule has 166 valence electrons. The molecule has 0 spiro atoms. The first-order valence-electron chi connectivity index (χ1n) is 9.82. The Bertz CT molecular complexity index is 1130. The van der Waals surface area contributed by atoms with Crippen molar-refractivity contribution in [3.8, 4) is 28.6 Å². The first-order valence-corrected chi connectivity index (χ1v) is 9.82. The van der Waals surface area contributed by atoms with Gasteiger partial charge in [-0.3, -0.25) is 9.59 Å². The van der Waals surface area contributed by atoms with Gasteiger partial charge in [0.05, 0.1) is 31.9 Å². The fourth-order valence-electron chi connectivity index (χ4n) is 3.22. The number of ether oxygens (including phenoxy) is 4. The lowest BCUT2D eigenvalue weighted by Gasteiger charge is -2.28. The molecule has 2 aromatic carbocycles. The van der Waals surface area contributed by atoms with Gasteiger partial charge in [0, 0.05) is 12.6 Å². The lowest BCUT2D eigenvalue weighted by molar-refractivity contribution is -0.145. The third kappa shape index (κ3) is 4.48. The number of nitrogens with zero attached hydrogens (tertiary/aromatic N) is 3. The maximum absolute atomic E-state index is 12.2. The first-order chi connectivity index (χ1) is 15.6. The highest BCUT2D eigenvalue weighted by atomic mass is 16.6. The molecule has 0 N–H and O–H groups in total. The lowest BCUT2D eigenvalue weighted by Crippen LogP contribution is -2.40. The number of esters is 1. The second kappa shape index (κ2) is 9.38. The Kier molecular flexibility index (Phi) is 6.20. The molecule has 0 atom stereocenters. The smallest absolute Gasteiger partial charge is 0.308 e. The van der Waals surface area contributed by atoms with Crippen molar-refractivity contribution < 1.29 is 33.1 Å². The molecule has 32 heavy (non-hydrogen) atoms. The molecule has 1 amide bonds. The van der Waals surface area contributed by atoms with Crippen LogP contribution in [0.1, 0.15) is 12.3 Å². The maximum atomic E-state index is 12.2. The summed E-state index contributed by atoms with van der Waals surface area (Å²) in [7, 11) is 3.08. The molecule has 4 rings (SSSR count). The van der Waals surface area contributed by atoms with Crippen molar-refractivity contribution in [2.75, 3.05) is 32.3 Å². The van der Waals surface area contributed by atoms with Crippen LogP contribution in [-0.2, 0) is 20.9 Å². The summed E-state index contributed by atoms with van der Waals surface area (Å²) in [4.78, 5) is 30.2. The number of methoxy groups -OCH3 is 2. The summed E-state index contributed by atoms with van der Waals surface area (Å²) in [6.07, 6.45) is 0.00731. The summed E-state index contributed by atoms with van der Waals surface area (Å²) in [6.45, 7) is -0.0697. The van der Waals surface area contributed by atoms with Gasteiger partial charge in [0.25, 0.3) is 11.8 Å². The van der Waals surface area contributed by atoms with Crippen molar-refractivity contribution in [1.82, 2.24) is 10.1 Å². The van der Waals surface area contributed by atoms with E-state index < -0.39 is 5.97 Å². The molecule has 0 saturated carbocycles. The van der Waals surface area contributed by atoms with Gasteiger partial charge in [0.15, 0.2) is 13.2 Å². The van der Waals surface area contributed by atoms with Crippen molar-refractivity contribution in [3.63, 3.8) is 0 Å². The third-order valence-electron chi connectivity index (χ3n) is 4.82. The number of para-hydroxylation sites is 2. The Morgan fingerprint density at radius 1 is 1.16 bits per heavy atom. The molecule has 3 aromatic rings. The van der Waals surface area contributed by atoms with E-state index in [2.05, 4.69) is 10.1 Å². The van der Waals surface area contributed by atoms with Crippen LogP contribution in [0.2, 0.25) is 0 Å². The van der Waals surface area contributed by atoms with E-state index >= 15 is 0 Å². The van der Waals surface area contributed by atoms with E-state index in [-0.39, 0.29) is 38.0 Å². The van der Waals surface area contributed by atoms with Gasteiger partial charge >= 0.3 is 5.97 Å². The number of rotatable bonds is 8. The molecule has 1 aliphatic rings. The van der Waals surface area contributed by atoms with Crippen LogP contribution in [-0.4, -0.2) is 49.4 Å². The van der Waals surface area contributed by atoms with Gasteiger partial charge in [-0.2, -0.15) is 4.98 Å². The van der Waals surface area contributed by atoms with E-state index in [4.69, 9.17) is 23.5 Å². The minimum Gasteiger partial charge on any atom is -0.497 e. The van der Waals surface area contributed by atoms with Crippen LogP contribution in [0.15, 0.2) is 47.0 Å². The molecule has 2 heterocycles. The zero-order valence-corrected chi connectivity index (χ0v) is 17.6. The van der Waals surface area contributed by atoms with Gasteiger partial charge in [0.2, 0.25) is 5.82 Å². The van der Waals surface area contributed by atoms with Crippen molar-refractivity contribution >= 4 is 17.6 Å². The molecule has 0 saturated heterocycles. The Morgan fingerprint density at radius 2 is 2.00 bits per heavy atom. The van der Waals surface area contributed by atoms with Crippen LogP contribution in [0.3, 0.4) is 0 Å². The zero-order valence-electron chi connectivity index (χ0n) is 17.6. The van der Waals surface area contributed by atoms with E-state index in [0.29, 0.717) is 34.3 Å². The van der Waals surface area contributed by atoms with Crippen molar-refractivity contribution in [2.45, 2.75) is 13.0 Å². The van der Waals surface area contributed by atoms with E-state index in [1.807, 2.05) is 6.07 Å². The second-order valence-electron chi connectivity index (χ2n) is 6.79. The summed E-state index contributed by atoms with van der Waals surface area (Å²) in [5, 5.41) is 3.92. The minimum absolute atomic E-state index is 0.00731. The standard InChI is InChI=1S/C22H21N3O7/c1-28-14-7-8-15(18(11-14)29-2)22-23-19(32-24-22)12-31-21(27)9-10-25-16-5-3-4-6-17(16)30-13-20(25)26/h3-8,11H,9-10,12-13H2,1-2H3. The maximum Gasteiger partial charge on any atom is 0.308 e. The predicted octanol–water partition coefficient (Wildman–Crippen LogP) is 2.61. The van der Waals surface area contributed by atoms with Crippen molar-refractivity contribution in [3.05, 3.63) is 48.4 Å². The Morgan fingerprint density at radius 3 is 2.81 bits per heavy atom. The van der Waals surface area contributed by atoms with Crippen LogP contribution in [0.25, 0.3) is 11.4 Å². The number of benzene rings is 2. The minimum atomic E-state index is -0.497. The fraction of sp³-hybridized carbons (Fsp3) is 0.273. The third-order valence-corrected chi connectivity index (χ3v) is 4.82. The number of anilines is 1. The largest absolute Gasteiger partial charge is 0.497 e. The molecule has 0 bridgehead atoms. The van der Waals surface area contributed by atoms with Crippen LogP contribution in [0.5, 0.6) is 17.2 Å². The summed E-state index contributed by atoms with van der Waals surface area (Å²) in [5.41, 5.74) is 1.24.